The van der Waals surface area contributed by atoms with Gasteiger partial charge in [0.15, 0.2) is 0 Å². The summed E-state index contributed by atoms with van der Waals surface area (Å²) < 4.78 is 0. The van der Waals surface area contributed by atoms with Gasteiger partial charge in [0, 0.05) is 12.1 Å². The second-order valence-corrected chi connectivity index (χ2v) is 4.74. The number of hydrogen-bond donors (Lipinski definition) is 1. The summed E-state index contributed by atoms with van der Waals surface area (Å²) in [6.07, 6.45) is 0.873. The molecule has 0 aliphatic carbocycles. The molecule has 74 valence electrons. The van der Waals surface area contributed by atoms with Crippen LogP contribution in [0.5, 0.6) is 0 Å². The van der Waals surface area contributed by atoms with Gasteiger partial charge in [-0.2, -0.15) is 0 Å². The number of nitrogen functional groups attached to an aromatic ring is 1. The smallest absolute Gasteiger partial charge is 0.0314 e. The van der Waals surface area contributed by atoms with E-state index in [-0.39, 0.29) is 0 Å². The van der Waals surface area contributed by atoms with Crippen molar-refractivity contribution in [3.63, 3.8) is 0 Å². The highest BCUT2D eigenvalue weighted by Crippen LogP contribution is 2.25. The average molecular weight is 205 g/mol. The van der Waals surface area contributed by atoms with Gasteiger partial charge in [-0.05, 0) is 34.4 Å². The lowest BCUT2D eigenvalue weighted by Gasteiger charge is -2.05. The number of hydrogen-bond acceptors (Lipinski definition) is 2. The highest BCUT2D eigenvalue weighted by atomic mass is 32.2. The van der Waals surface area contributed by atoms with Gasteiger partial charge in [-0.1, -0.05) is 25.3 Å². The maximum atomic E-state index is 5.60. The summed E-state index contributed by atoms with van der Waals surface area (Å²) >= 11 is 1.63. The lowest BCUT2D eigenvalue weighted by Crippen LogP contribution is -1.88. The number of thioether (sulfide) groups is 1. The summed E-state index contributed by atoms with van der Waals surface area (Å²) in [7, 11) is 0. The molecule has 0 spiro atoms. The second kappa shape index (κ2) is 4.91. The van der Waals surface area contributed by atoms with Gasteiger partial charge in [0.1, 0.15) is 0 Å². The topological polar surface area (TPSA) is 26.0 Å². The first-order valence-corrected chi connectivity index (χ1v) is 5.25. The lowest BCUT2D eigenvalue weighted by atomic mass is 10.1. The summed E-state index contributed by atoms with van der Waals surface area (Å²) in [6, 6.07) is 7.88. The molecule has 0 aromatic heterocycles. The van der Waals surface area contributed by atoms with E-state index in [1.807, 2.05) is 31.2 Å². The van der Waals surface area contributed by atoms with Crippen LogP contribution < -0.4 is 5.73 Å². The summed E-state index contributed by atoms with van der Waals surface area (Å²) in [5.41, 5.74) is 7.63. The quantitative estimate of drug-likeness (QED) is 0.760. The number of allylic oxidation sites excluding steroid dienone is 2. The summed E-state index contributed by atoms with van der Waals surface area (Å²) in [4.78, 5) is 2.19. The lowest BCUT2D eigenvalue weighted by molar-refractivity contribution is 1.26. The third-order valence-corrected chi connectivity index (χ3v) is 2.48. The number of rotatable bonds is 4. The molecule has 1 aromatic rings. The molecule has 0 unspecified atom stereocenters. The van der Waals surface area contributed by atoms with Crippen LogP contribution in [0.25, 0.3) is 0 Å². The SMILES string of the molecule is C=C(C)SC(=C)Cc1ccc(N)cc1. The Morgan fingerprint density at radius 2 is 1.86 bits per heavy atom. The van der Waals surface area contributed by atoms with Crippen LogP contribution in [-0.2, 0) is 6.42 Å². The molecule has 1 rings (SSSR count). The predicted octanol–water partition coefficient (Wildman–Crippen LogP) is 3.59. The van der Waals surface area contributed by atoms with Crippen LogP contribution in [-0.4, -0.2) is 0 Å². The monoisotopic (exact) mass is 205 g/mol. The van der Waals surface area contributed by atoms with Crippen LogP contribution >= 0.6 is 11.8 Å². The third-order valence-electron chi connectivity index (χ3n) is 1.70. The van der Waals surface area contributed by atoms with E-state index in [0.29, 0.717) is 0 Å². The highest BCUT2D eigenvalue weighted by molar-refractivity contribution is 8.06. The Morgan fingerprint density at radius 1 is 1.29 bits per heavy atom. The van der Waals surface area contributed by atoms with E-state index in [0.717, 1.165) is 21.9 Å². The van der Waals surface area contributed by atoms with Crippen molar-refractivity contribution in [3.8, 4) is 0 Å². The van der Waals surface area contributed by atoms with Gasteiger partial charge < -0.3 is 5.73 Å². The van der Waals surface area contributed by atoms with E-state index in [1.165, 1.54) is 5.56 Å². The van der Waals surface area contributed by atoms with Crippen LogP contribution in [0.1, 0.15) is 12.5 Å². The number of anilines is 1. The van der Waals surface area contributed by atoms with Gasteiger partial charge in [0.25, 0.3) is 0 Å². The molecule has 1 aromatic carbocycles. The minimum absolute atomic E-state index is 0.798. The van der Waals surface area contributed by atoms with E-state index >= 15 is 0 Å². The number of nitrogens with two attached hydrogens (primary N) is 1. The second-order valence-electron chi connectivity index (χ2n) is 3.26. The molecular weight excluding hydrogens is 190 g/mol. The van der Waals surface area contributed by atoms with Gasteiger partial charge in [-0.25, -0.2) is 0 Å². The minimum atomic E-state index is 0.798. The van der Waals surface area contributed by atoms with Gasteiger partial charge in [-0.15, -0.1) is 11.8 Å². The zero-order valence-corrected chi connectivity index (χ0v) is 9.23. The van der Waals surface area contributed by atoms with Crippen molar-refractivity contribution in [1.29, 1.82) is 0 Å². The van der Waals surface area contributed by atoms with Gasteiger partial charge in [0.05, 0.1) is 0 Å². The zero-order chi connectivity index (χ0) is 10.6. The molecule has 0 radical (unpaired) electrons. The minimum Gasteiger partial charge on any atom is -0.399 e. The highest BCUT2D eigenvalue weighted by Gasteiger charge is 1.98. The van der Waals surface area contributed by atoms with Crippen molar-refractivity contribution < 1.29 is 0 Å². The van der Waals surface area contributed by atoms with Crippen molar-refractivity contribution >= 4 is 17.4 Å². The first-order chi connectivity index (χ1) is 6.58. The fourth-order valence-electron chi connectivity index (χ4n) is 1.15. The van der Waals surface area contributed by atoms with Gasteiger partial charge in [0.2, 0.25) is 0 Å². The first-order valence-electron chi connectivity index (χ1n) is 4.43. The molecule has 2 N–H and O–H groups in total. The average Bonchev–Trinajstić information content (AvgIpc) is 2.07. The van der Waals surface area contributed by atoms with Gasteiger partial charge >= 0.3 is 0 Å². The molecule has 2 heteroatoms. The predicted molar refractivity (Wildman–Crippen MR) is 66.1 cm³/mol. The number of benzene rings is 1. The molecule has 0 saturated heterocycles. The molecule has 1 nitrogen and oxygen atoms in total. The Balaban J connectivity index is 2.56. The van der Waals surface area contributed by atoms with E-state index < -0.39 is 0 Å². The molecule has 0 amide bonds. The van der Waals surface area contributed by atoms with E-state index in [1.54, 1.807) is 11.8 Å². The molecule has 0 aliphatic heterocycles. The van der Waals surface area contributed by atoms with E-state index in [2.05, 4.69) is 13.2 Å². The first kappa shape index (κ1) is 10.9. The van der Waals surface area contributed by atoms with Crippen LogP contribution in [0.3, 0.4) is 0 Å². The Morgan fingerprint density at radius 3 is 2.36 bits per heavy atom. The van der Waals surface area contributed by atoms with Crippen molar-refractivity contribution in [3.05, 3.63) is 52.8 Å². The molecule has 14 heavy (non-hydrogen) atoms. The van der Waals surface area contributed by atoms with Crippen LogP contribution in [0, 0.1) is 0 Å². The molecule has 0 fully saturated rings. The summed E-state index contributed by atoms with van der Waals surface area (Å²) in [5, 5.41) is 0. The van der Waals surface area contributed by atoms with Gasteiger partial charge in [-0.3, -0.25) is 0 Å². The largest absolute Gasteiger partial charge is 0.399 e. The van der Waals surface area contributed by atoms with Crippen molar-refractivity contribution in [2.75, 3.05) is 5.73 Å². The fraction of sp³-hybridized carbons (Fsp3) is 0.167. The normalized spacial score (nSPS) is 9.79. The van der Waals surface area contributed by atoms with Crippen molar-refractivity contribution in [2.24, 2.45) is 0 Å². The molecule has 0 saturated carbocycles. The summed E-state index contributed by atoms with van der Waals surface area (Å²) in [6.45, 7) is 9.80. The molecule has 0 aliphatic rings. The third kappa shape index (κ3) is 3.71. The maximum Gasteiger partial charge on any atom is 0.0314 e. The molecule has 0 atom stereocenters. The Kier molecular flexibility index (Phi) is 3.84. The molecular formula is C12H15NS. The Labute approximate surface area is 89.7 Å². The van der Waals surface area contributed by atoms with Crippen LogP contribution in [0.4, 0.5) is 5.69 Å². The zero-order valence-electron chi connectivity index (χ0n) is 8.42. The molecule has 0 bridgehead atoms. The maximum absolute atomic E-state index is 5.60. The van der Waals surface area contributed by atoms with Crippen LogP contribution in [0.2, 0.25) is 0 Å². The Bertz CT molecular complexity index is 338. The van der Waals surface area contributed by atoms with Crippen LogP contribution in [0.15, 0.2) is 47.2 Å². The van der Waals surface area contributed by atoms with E-state index in [9.17, 15) is 0 Å². The standard InChI is InChI=1S/C12H15NS/c1-9(2)14-10(3)8-11-4-6-12(13)7-5-11/h4-7H,1,3,8,13H2,2H3. The summed E-state index contributed by atoms with van der Waals surface area (Å²) in [5.74, 6) is 0. The fourth-order valence-corrected chi connectivity index (χ4v) is 1.88. The van der Waals surface area contributed by atoms with E-state index in [4.69, 9.17) is 5.73 Å². The Hall–Kier alpha value is -1.15. The van der Waals surface area contributed by atoms with Crippen molar-refractivity contribution in [1.82, 2.24) is 0 Å². The molecule has 0 heterocycles. The van der Waals surface area contributed by atoms with Crippen molar-refractivity contribution in [2.45, 2.75) is 13.3 Å².